The maximum Gasteiger partial charge on any atom is 0.169 e. The normalized spacial score (nSPS) is 10.3. The Morgan fingerprint density at radius 3 is 2.93 bits per heavy atom. The van der Waals surface area contributed by atoms with E-state index in [4.69, 9.17) is 4.74 Å². The summed E-state index contributed by atoms with van der Waals surface area (Å²) in [6.07, 6.45) is 1.03. The van der Waals surface area contributed by atoms with Crippen LogP contribution in [0.15, 0.2) is 18.2 Å². The minimum absolute atomic E-state index is 0.272. The molecule has 1 aromatic rings. The van der Waals surface area contributed by atoms with E-state index in [1.165, 1.54) is 7.11 Å². The average molecular weight is 276 g/mol. The first-order valence-electron chi connectivity index (χ1n) is 4.87. The first-order chi connectivity index (χ1) is 7.29. The van der Waals surface area contributed by atoms with Crippen molar-refractivity contribution in [1.29, 1.82) is 0 Å². The predicted molar refractivity (Wildman–Crippen MR) is 63.1 cm³/mol. The number of alkyl halides is 1. The third kappa shape index (κ3) is 3.80. The fourth-order valence-electron chi connectivity index (χ4n) is 1.27. The molecule has 0 aliphatic rings. The summed E-state index contributed by atoms with van der Waals surface area (Å²) in [5.74, 6) is 0.0288. The highest BCUT2D eigenvalue weighted by atomic mass is 79.9. The van der Waals surface area contributed by atoms with Gasteiger partial charge in [0.25, 0.3) is 0 Å². The Morgan fingerprint density at radius 1 is 1.47 bits per heavy atom. The molecule has 4 heteroatoms. The summed E-state index contributed by atoms with van der Waals surface area (Å²) in [7, 11) is 1.47. The van der Waals surface area contributed by atoms with Crippen LogP contribution in [0.4, 0.5) is 4.39 Å². The minimum atomic E-state index is -0.272. The van der Waals surface area contributed by atoms with Crippen LogP contribution in [0.3, 0.4) is 0 Å². The minimum Gasteiger partial charge on any atom is -0.494 e. The molecule has 0 fully saturated rings. The molecular weight excluding hydrogens is 261 g/mol. The molecule has 0 heterocycles. The van der Waals surface area contributed by atoms with E-state index in [1.54, 1.807) is 18.2 Å². The molecule has 0 bridgehead atoms. The van der Waals surface area contributed by atoms with E-state index in [0.29, 0.717) is 17.9 Å². The first kappa shape index (κ1) is 12.5. The van der Waals surface area contributed by atoms with Gasteiger partial charge in [-0.25, -0.2) is 4.39 Å². The van der Waals surface area contributed by atoms with Gasteiger partial charge in [-0.05, 0) is 19.0 Å². The third-order valence-electron chi connectivity index (χ3n) is 2.07. The lowest BCUT2D eigenvalue weighted by molar-refractivity contribution is 0.383. The van der Waals surface area contributed by atoms with Gasteiger partial charge in [0.2, 0.25) is 0 Å². The predicted octanol–water partition coefficient (Wildman–Crippen LogP) is 2.71. The van der Waals surface area contributed by atoms with E-state index < -0.39 is 0 Å². The summed E-state index contributed by atoms with van der Waals surface area (Å²) in [5.41, 5.74) is 0.643. The molecule has 1 rings (SSSR count). The van der Waals surface area contributed by atoms with Crippen LogP contribution < -0.4 is 10.1 Å². The zero-order valence-electron chi connectivity index (χ0n) is 8.72. The summed E-state index contributed by atoms with van der Waals surface area (Å²) >= 11 is 3.34. The molecule has 1 N–H and O–H groups in total. The van der Waals surface area contributed by atoms with Crippen LogP contribution in [-0.4, -0.2) is 19.0 Å². The van der Waals surface area contributed by atoms with Crippen LogP contribution in [0, 0.1) is 5.82 Å². The number of methoxy groups -OCH3 is 1. The van der Waals surface area contributed by atoms with Crippen molar-refractivity contribution >= 4 is 15.9 Å². The van der Waals surface area contributed by atoms with Crippen molar-refractivity contribution in [2.24, 2.45) is 0 Å². The van der Waals surface area contributed by atoms with E-state index in [2.05, 4.69) is 21.2 Å². The summed E-state index contributed by atoms with van der Waals surface area (Å²) < 4.78 is 18.5. The van der Waals surface area contributed by atoms with Gasteiger partial charge in [0.15, 0.2) is 11.6 Å². The van der Waals surface area contributed by atoms with Crippen molar-refractivity contribution in [2.45, 2.75) is 13.0 Å². The van der Waals surface area contributed by atoms with E-state index in [1.807, 2.05) is 0 Å². The lowest BCUT2D eigenvalue weighted by atomic mass is 10.2. The van der Waals surface area contributed by atoms with Gasteiger partial charge in [-0.1, -0.05) is 28.1 Å². The Balaban J connectivity index is 2.53. The SMILES string of the molecule is COc1cccc(CNCCCBr)c1F. The molecule has 0 radical (unpaired) electrons. The van der Waals surface area contributed by atoms with Crippen LogP contribution in [0.25, 0.3) is 0 Å². The molecule has 0 saturated heterocycles. The Morgan fingerprint density at radius 2 is 2.27 bits per heavy atom. The van der Waals surface area contributed by atoms with Gasteiger partial charge in [0.05, 0.1) is 7.11 Å². The van der Waals surface area contributed by atoms with Crippen LogP contribution in [0.1, 0.15) is 12.0 Å². The summed E-state index contributed by atoms with van der Waals surface area (Å²) in [5, 5.41) is 4.13. The van der Waals surface area contributed by atoms with Gasteiger partial charge in [-0.15, -0.1) is 0 Å². The number of hydrogen-bond acceptors (Lipinski definition) is 2. The van der Waals surface area contributed by atoms with E-state index >= 15 is 0 Å². The Kier molecular flexibility index (Phi) is 5.65. The average Bonchev–Trinajstić information content (AvgIpc) is 2.26. The van der Waals surface area contributed by atoms with Gasteiger partial charge in [-0.2, -0.15) is 0 Å². The monoisotopic (exact) mass is 275 g/mol. The summed E-state index contributed by atoms with van der Waals surface area (Å²) in [6.45, 7) is 1.41. The highest BCUT2D eigenvalue weighted by Crippen LogP contribution is 2.19. The van der Waals surface area contributed by atoms with E-state index in [-0.39, 0.29) is 5.82 Å². The third-order valence-corrected chi connectivity index (χ3v) is 2.63. The van der Waals surface area contributed by atoms with Crippen molar-refractivity contribution in [1.82, 2.24) is 5.32 Å². The zero-order valence-corrected chi connectivity index (χ0v) is 10.3. The first-order valence-corrected chi connectivity index (χ1v) is 5.99. The van der Waals surface area contributed by atoms with E-state index in [9.17, 15) is 4.39 Å². The molecule has 0 saturated carbocycles. The van der Waals surface area contributed by atoms with Crippen LogP contribution >= 0.6 is 15.9 Å². The van der Waals surface area contributed by atoms with Crippen LogP contribution in [-0.2, 0) is 6.54 Å². The number of hydrogen-bond donors (Lipinski definition) is 1. The fraction of sp³-hybridized carbons (Fsp3) is 0.455. The lowest BCUT2D eigenvalue weighted by Gasteiger charge is -2.08. The van der Waals surface area contributed by atoms with Gasteiger partial charge in [0.1, 0.15) is 0 Å². The van der Waals surface area contributed by atoms with Crippen molar-refractivity contribution in [3.05, 3.63) is 29.6 Å². The number of benzene rings is 1. The molecule has 0 aliphatic carbocycles. The molecule has 2 nitrogen and oxygen atoms in total. The molecule has 0 atom stereocenters. The quantitative estimate of drug-likeness (QED) is 0.637. The second-order valence-electron chi connectivity index (χ2n) is 3.15. The van der Waals surface area contributed by atoms with Gasteiger partial charge >= 0.3 is 0 Å². The maximum absolute atomic E-state index is 13.6. The molecule has 0 aromatic heterocycles. The Labute approximate surface area is 98.0 Å². The molecule has 1 aromatic carbocycles. The van der Waals surface area contributed by atoms with Gasteiger partial charge < -0.3 is 10.1 Å². The zero-order chi connectivity index (χ0) is 11.1. The standard InChI is InChI=1S/C11H15BrFNO/c1-15-10-5-2-4-9(11(10)13)8-14-7-3-6-12/h2,4-5,14H,3,6-8H2,1H3. The fourth-order valence-corrected chi connectivity index (χ4v) is 1.55. The second-order valence-corrected chi connectivity index (χ2v) is 3.95. The number of nitrogens with one attached hydrogen (secondary N) is 1. The van der Waals surface area contributed by atoms with Gasteiger partial charge in [-0.3, -0.25) is 0 Å². The largest absolute Gasteiger partial charge is 0.494 e. The second kappa shape index (κ2) is 6.80. The maximum atomic E-state index is 13.6. The highest BCUT2D eigenvalue weighted by Gasteiger charge is 2.06. The van der Waals surface area contributed by atoms with Gasteiger partial charge in [0, 0.05) is 17.4 Å². The van der Waals surface area contributed by atoms with Crippen LogP contribution in [0.5, 0.6) is 5.75 Å². The number of rotatable bonds is 6. The molecule has 0 aliphatic heterocycles. The topological polar surface area (TPSA) is 21.3 Å². The molecule has 15 heavy (non-hydrogen) atoms. The summed E-state index contributed by atoms with van der Waals surface area (Å²) in [4.78, 5) is 0. The Hall–Kier alpha value is -0.610. The van der Waals surface area contributed by atoms with Crippen LogP contribution in [0.2, 0.25) is 0 Å². The van der Waals surface area contributed by atoms with Crippen molar-refractivity contribution in [3.8, 4) is 5.75 Å². The Bertz CT molecular complexity index is 307. The van der Waals surface area contributed by atoms with Crippen molar-refractivity contribution in [2.75, 3.05) is 19.0 Å². The number of halogens is 2. The number of ether oxygens (including phenoxy) is 1. The lowest BCUT2D eigenvalue weighted by Crippen LogP contribution is -2.16. The molecular formula is C11H15BrFNO. The van der Waals surface area contributed by atoms with E-state index in [0.717, 1.165) is 18.3 Å². The van der Waals surface area contributed by atoms with Crippen molar-refractivity contribution in [3.63, 3.8) is 0 Å². The molecule has 0 unspecified atom stereocenters. The molecule has 0 amide bonds. The smallest absolute Gasteiger partial charge is 0.169 e. The summed E-state index contributed by atoms with van der Waals surface area (Å²) in [6, 6.07) is 5.18. The highest BCUT2D eigenvalue weighted by molar-refractivity contribution is 9.09. The molecule has 84 valence electrons. The molecule has 0 spiro atoms. The van der Waals surface area contributed by atoms with Crippen molar-refractivity contribution < 1.29 is 9.13 Å².